The van der Waals surface area contributed by atoms with E-state index in [4.69, 9.17) is 15.7 Å². The van der Waals surface area contributed by atoms with E-state index in [-0.39, 0.29) is 0 Å². The summed E-state index contributed by atoms with van der Waals surface area (Å²) in [6, 6.07) is 5.95. The second-order valence-electron chi connectivity index (χ2n) is 3.51. The molecule has 0 radical (unpaired) electrons. The molecule has 1 aromatic rings. The number of hydrogen-bond donors (Lipinski definition) is 1. The highest BCUT2D eigenvalue weighted by Crippen LogP contribution is 2.40. The molecule has 3 nitrogen and oxygen atoms in total. The first-order valence-electron chi connectivity index (χ1n) is 4.82. The Morgan fingerprint density at radius 3 is 2.93 bits per heavy atom. The SMILES string of the molecule is COc1ccc2c(c1N)/C(=C\C#N)CC2. The van der Waals surface area contributed by atoms with Crippen LogP contribution in [0, 0.1) is 11.3 Å². The van der Waals surface area contributed by atoms with Crippen LogP contribution in [0.1, 0.15) is 17.5 Å². The molecular formula is C12H12N2O. The summed E-state index contributed by atoms with van der Waals surface area (Å²) in [5.74, 6) is 0.680. The lowest BCUT2D eigenvalue weighted by atomic mass is 10.0. The van der Waals surface area contributed by atoms with Gasteiger partial charge in [-0.1, -0.05) is 6.07 Å². The number of rotatable bonds is 1. The smallest absolute Gasteiger partial charge is 0.142 e. The predicted octanol–water partition coefficient (Wildman–Crippen LogP) is 2.13. The predicted molar refractivity (Wildman–Crippen MR) is 59.3 cm³/mol. The van der Waals surface area contributed by atoms with Crippen LogP contribution in [0.5, 0.6) is 5.75 Å². The quantitative estimate of drug-likeness (QED) is 0.558. The lowest BCUT2D eigenvalue weighted by molar-refractivity contribution is 0.417. The topological polar surface area (TPSA) is 59.0 Å². The summed E-state index contributed by atoms with van der Waals surface area (Å²) < 4.78 is 5.16. The molecule has 0 aliphatic heterocycles. The Hall–Kier alpha value is -1.95. The van der Waals surface area contributed by atoms with E-state index in [0.29, 0.717) is 11.4 Å². The van der Waals surface area contributed by atoms with Crippen molar-refractivity contribution in [2.24, 2.45) is 0 Å². The van der Waals surface area contributed by atoms with Gasteiger partial charge in [-0.15, -0.1) is 0 Å². The lowest BCUT2D eigenvalue weighted by Gasteiger charge is -2.09. The zero-order valence-electron chi connectivity index (χ0n) is 8.58. The van der Waals surface area contributed by atoms with E-state index in [2.05, 4.69) is 6.07 Å². The van der Waals surface area contributed by atoms with Crippen molar-refractivity contribution in [3.63, 3.8) is 0 Å². The zero-order valence-corrected chi connectivity index (χ0v) is 8.58. The first kappa shape index (κ1) is 9.60. The van der Waals surface area contributed by atoms with Crippen LogP contribution in [-0.2, 0) is 6.42 Å². The molecule has 0 fully saturated rings. The molecule has 1 aromatic carbocycles. The fourth-order valence-electron chi connectivity index (χ4n) is 2.03. The van der Waals surface area contributed by atoms with Gasteiger partial charge in [-0.3, -0.25) is 0 Å². The molecule has 3 heteroatoms. The molecule has 2 N–H and O–H groups in total. The number of nitrogens with two attached hydrogens (primary N) is 1. The number of hydrogen-bond acceptors (Lipinski definition) is 3. The highest BCUT2D eigenvalue weighted by atomic mass is 16.5. The van der Waals surface area contributed by atoms with E-state index >= 15 is 0 Å². The number of ether oxygens (including phenoxy) is 1. The van der Waals surface area contributed by atoms with Gasteiger partial charge < -0.3 is 10.5 Å². The standard InChI is InChI=1S/C12H12N2O/c1-15-10-5-4-8-2-3-9(6-7-13)11(8)12(10)14/h4-6H,2-3,14H2,1H3/b9-6-. The fourth-order valence-corrected chi connectivity index (χ4v) is 2.03. The molecule has 0 unspecified atom stereocenters. The monoisotopic (exact) mass is 200 g/mol. The van der Waals surface area contributed by atoms with Crippen molar-refractivity contribution in [1.29, 1.82) is 5.26 Å². The van der Waals surface area contributed by atoms with Gasteiger partial charge >= 0.3 is 0 Å². The van der Waals surface area contributed by atoms with Gasteiger partial charge in [0.15, 0.2) is 0 Å². The molecule has 0 spiro atoms. The molecule has 2 rings (SSSR count). The van der Waals surface area contributed by atoms with Crippen LogP contribution in [0.2, 0.25) is 0 Å². The van der Waals surface area contributed by atoms with Crippen molar-refractivity contribution >= 4 is 11.3 Å². The van der Waals surface area contributed by atoms with Crippen LogP contribution < -0.4 is 10.5 Å². The molecule has 76 valence electrons. The zero-order chi connectivity index (χ0) is 10.8. The Morgan fingerprint density at radius 2 is 2.27 bits per heavy atom. The van der Waals surface area contributed by atoms with Gasteiger partial charge in [0.05, 0.1) is 18.9 Å². The van der Waals surface area contributed by atoms with Crippen molar-refractivity contribution in [2.75, 3.05) is 12.8 Å². The molecule has 0 bridgehead atoms. The number of benzene rings is 1. The van der Waals surface area contributed by atoms with Crippen LogP contribution in [-0.4, -0.2) is 7.11 Å². The third kappa shape index (κ3) is 1.44. The van der Waals surface area contributed by atoms with Crippen LogP contribution >= 0.6 is 0 Å². The van der Waals surface area contributed by atoms with Gasteiger partial charge in [0.1, 0.15) is 5.75 Å². The van der Waals surface area contributed by atoms with Gasteiger partial charge in [-0.25, -0.2) is 0 Å². The Morgan fingerprint density at radius 1 is 1.47 bits per heavy atom. The van der Waals surface area contributed by atoms with E-state index in [0.717, 1.165) is 24.0 Å². The maximum absolute atomic E-state index is 8.67. The maximum Gasteiger partial charge on any atom is 0.142 e. The van der Waals surface area contributed by atoms with Crippen LogP contribution in [0.4, 0.5) is 5.69 Å². The summed E-state index contributed by atoms with van der Waals surface area (Å²) in [5.41, 5.74) is 9.86. The minimum absolute atomic E-state index is 0.647. The molecule has 0 aromatic heterocycles. The Balaban J connectivity index is 2.61. The highest BCUT2D eigenvalue weighted by molar-refractivity contribution is 5.84. The Labute approximate surface area is 88.8 Å². The normalized spacial score (nSPS) is 16.1. The second-order valence-corrected chi connectivity index (χ2v) is 3.51. The molecule has 1 aliphatic rings. The minimum Gasteiger partial charge on any atom is -0.495 e. The van der Waals surface area contributed by atoms with E-state index in [1.165, 1.54) is 5.56 Å². The van der Waals surface area contributed by atoms with Crippen molar-refractivity contribution in [3.05, 3.63) is 29.3 Å². The van der Waals surface area contributed by atoms with Crippen LogP contribution in [0.25, 0.3) is 5.57 Å². The number of allylic oxidation sites excluding steroid dienone is 2. The van der Waals surface area contributed by atoms with Crippen LogP contribution in [0.15, 0.2) is 18.2 Å². The van der Waals surface area contributed by atoms with E-state index in [1.807, 2.05) is 12.1 Å². The molecule has 0 saturated carbocycles. The number of fused-ring (bicyclic) bond motifs is 1. The number of nitrogen functional groups attached to an aromatic ring is 1. The summed E-state index contributed by atoms with van der Waals surface area (Å²) in [6.45, 7) is 0. The summed E-state index contributed by atoms with van der Waals surface area (Å²) in [7, 11) is 1.60. The molecule has 0 atom stereocenters. The summed E-state index contributed by atoms with van der Waals surface area (Å²) in [4.78, 5) is 0. The molecule has 1 aliphatic carbocycles. The summed E-state index contributed by atoms with van der Waals surface area (Å²) >= 11 is 0. The molecular weight excluding hydrogens is 188 g/mol. The Kier molecular flexibility index (Phi) is 2.34. The van der Waals surface area contributed by atoms with Gasteiger partial charge in [-0.05, 0) is 30.0 Å². The third-order valence-electron chi connectivity index (χ3n) is 2.74. The number of nitriles is 1. The van der Waals surface area contributed by atoms with Crippen molar-refractivity contribution in [1.82, 2.24) is 0 Å². The third-order valence-corrected chi connectivity index (χ3v) is 2.74. The summed E-state index contributed by atoms with van der Waals surface area (Å²) in [5, 5.41) is 8.67. The minimum atomic E-state index is 0.647. The van der Waals surface area contributed by atoms with Gasteiger partial charge in [0.25, 0.3) is 0 Å². The average Bonchev–Trinajstić information content (AvgIpc) is 2.64. The first-order valence-corrected chi connectivity index (χ1v) is 4.82. The van der Waals surface area contributed by atoms with Gasteiger partial charge in [0.2, 0.25) is 0 Å². The lowest BCUT2D eigenvalue weighted by Crippen LogP contribution is -1.97. The highest BCUT2D eigenvalue weighted by Gasteiger charge is 2.20. The van der Waals surface area contributed by atoms with Crippen molar-refractivity contribution in [3.8, 4) is 11.8 Å². The molecule has 15 heavy (non-hydrogen) atoms. The van der Waals surface area contributed by atoms with E-state index < -0.39 is 0 Å². The molecule has 0 heterocycles. The Bertz CT molecular complexity index is 469. The summed E-state index contributed by atoms with van der Waals surface area (Å²) in [6.07, 6.45) is 3.42. The van der Waals surface area contributed by atoms with Crippen molar-refractivity contribution in [2.45, 2.75) is 12.8 Å². The number of anilines is 1. The number of aryl methyl sites for hydroxylation is 1. The van der Waals surface area contributed by atoms with Crippen molar-refractivity contribution < 1.29 is 4.74 Å². The molecule has 0 saturated heterocycles. The largest absolute Gasteiger partial charge is 0.495 e. The first-order chi connectivity index (χ1) is 7.27. The van der Waals surface area contributed by atoms with Gasteiger partial charge in [0, 0.05) is 11.6 Å². The molecule has 0 amide bonds. The second kappa shape index (κ2) is 3.66. The maximum atomic E-state index is 8.67. The van der Waals surface area contributed by atoms with E-state index in [1.54, 1.807) is 13.2 Å². The average molecular weight is 200 g/mol. The number of methoxy groups -OCH3 is 1. The van der Waals surface area contributed by atoms with E-state index in [9.17, 15) is 0 Å². The fraction of sp³-hybridized carbons (Fsp3) is 0.250. The number of nitrogens with zero attached hydrogens (tertiary/aromatic N) is 1. The van der Waals surface area contributed by atoms with Crippen LogP contribution in [0.3, 0.4) is 0 Å². The van der Waals surface area contributed by atoms with Gasteiger partial charge in [-0.2, -0.15) is 5.26 Å².